The zero-order valence-corrected chi connectivity index (χ0v) is 19.7. The summed E-state index contributed by atoms with van der Waals surface area (Å²) < 4.78 is 110. The Morgan fingerprint density at radius 2 is 1.51 bits per heavy atom. The molecule has 4 rings (SSSR count). The molecule has 4 atom stereocenters. The van der Waals surface area contributed by atoms with Crippen LogP contribution in [0.25, 0.3) is 5.57 Å². The van der Waals surface area contributed by atoms with Gasteiger partial charge in [-0.1, -0.05) is 60.7 Å². The van der Waals surface area contributed by atoms with E-state index in [1.165, 1.54) is 18.2 Å². The molecule has 1 saturated heterocycles. The van der Waals surface area contributed by atoms with Crippen LogP contribution in [-0.4, -0.2) is 50.0 Å². The van der Waals surface area contributed by atoms with Crippen LogP contribution in [0.1, 0.15) is 24.0 Å². The summed E-state index contributed by atoms with van der Waals surface area (Å²) >= 11 is 0. The van der Waals surface area contributed by atoms with Gasteiger partial charge in [0.25, 0.3) is 5.67 Å². The molecule has 1 N–H and O–H groups in total. The van der Waals surface area contributed by atoms with Crippen LogP contribution in [0.2, 0.25) is 0 Å². The molecular weight excluding hydrogens is 501 g/mol. The van der Waals surface area contributed by atoms with Gasteiger partial charge in [-0.05, 0) is 37.1 Å². The van der Waals surface area contributed by atoms with Crippen LogP contribution in [-0.2, 0) is 10.2 Å². The number of hydrogen-bond acceptors (Lipinski definition) is 3. The van der Waals surface area contributed by atoms with Crippen molar-refractivity contribution in [3.8, 4) is 6.07 Å². The van der Waals surface area contributed by atoms with E-state index in [2.05, 4.69) is 5.32 Å². The number of nitrogens with one attached hydrogen (secondary N) is 1. The van der Waals surface area contributed by atoms with Crippen molar-refractivity contribution in [1.29, 1.82) is 5.26 Å². The number of alkyl halides is 6. The van der Waals surface area contributed by atoms with Crippen LogP contribution in [0.15, 0.2) is 66.5 Å². The Kier molecular flexibility index (Phi) is 7.41. The Labute approximate surface area is 209 Å². The minimum Gasteiger partial charge on any atom is -0.377 e. The molecule has 0 saturated carbocycles. The molecule has 10 heteroatoms. The fourth-order valence-electron chi connectivity index (χ4n) is 5.30. The zero-order valence-electron chi connectivity index (χ0n) is 19.7. The van der Waals surface area contributed by atoms with E-state index >= 15 is 17.6 Å². The first-order valence-electron chi connectivity index (χ1n) is 11.8. The largest absolute Gasteiger partial charge is 0.430 e. The third kappa shape index (κ3) is 4.53. The molecular formula is C27H25F7N2O. The number of nitriles is 1. The average molecular weight is 526 g/mol. The van der Waals surface area contributed by atoms with Crippen LogP contribution in [0.3, 0.4) is 0 Å². The summed E-state index contributed by atoms with van der Waals surface area (Å²) in [5.74, 6) is -5.93. The van der Waals surface area contributed by atoms with Gasteiger partial charge in [-0.3, -0.25) is 0 Å². The lowest BCUT2D eigenvalue weighted by atomic mass is 9.66. The SMILES string of the molecule is N#CC1C(F)(COCC2(c3ccccc3)CCNCC2)C(F)C(c2ccccc2)=C(F)C1(F)C(F)(F)F. The van der Waals surface area contributed by atoms with E-state index in [1.54, 1.807) is 18.2 Å². The molecule has 1 aliphatic heterocycles. The second-order valence-electron chi connectivity index (χ2n) is 9.54. The lowest BCUT2D eigenvalue weighted by Crippen LogP contribution is -2.63. The normalized spacial score (nSPS) is 30.1. The molecule has 2 aromatic rings. The summed E-state index contributed by atoms with van der Waals surface area (Å²) in [5, 5.41) is 12.6. The monoisotopic (exact) mass is 526 g/mol. The minimum absolute atomic E-state index is 0.215. The third-order valence-electron chi connectivity index (χ3n) is 7.38. The van der Waals surface area contributed by atoms with Gasteiger partial charge in [0.05, 0.1) is 19.3 Å². The van der Waals surface area contributed by atoms with Crippen molar-refractivity contribution in [3.05, 3.63) is 77.6 Å². The van der Waals surface area contributed by atoms with Gasteiger partial charge in [-0.15, -0.1) is 0 Å². The average Bonchev–Trinajstić information content (AvgIpc) is 2.89. The molecule has 37 heavy (non-hydrogen) atoms. The quantitative estimate of drug-likeness (QED) is 0.458. The number of nitrogens with zero attached hydrogens (tertiary/aromatic N) is 1. The number of allylic oxidation sites excluding steroid dienone is 2. The van der Waals surface area contributed by atoms with Gasteiger partial charge in [0.2, 0.25) is 0 Å². The van der Waals surface area contributed by atoms with Crippen molar-refractivity contribution in [1.82, 2.24) is 5.32 Å². The van der Waals surface area contributed by atoms with Crippen molar-refractivity contribution in [2.75, 3.05) is 26.3 Å². The maximum atomic E-state index is 16.4. The summed E-state index contributed by atoms with van der Waals surface area (Å²) in [7, 11) is 0. The highest BCUT2D eigenvalue weighted by atomic mass is 19.4. The van der Waals surface area contributed by atoms with E-state index in [-0.39, 0.29) is 6.61 Å². The van der Waals surface area contributed by atoms with E-state index in [9.17, 15) is 18.4 Å². The van der Waals surface area contributed by atoms with Crippen molar-refractivity contribution < 1.29 is 35.5 Å². The number of piperidine rings is 1. The molecule has 4 unspecified atom stereocenters. The van der Waals surface area contributed by atoms with Crippen molar-refractivity contribution in [2.24, 2.45) is 5.92 Å². The maximum absolute atomic E-state index is 16.4. The van der Waals surface area contributed by atoms with Crippen molar-refractivity contribution in [2.45, 2.75) is 41.9 Å². The first kappa shape index (κ1) is 27.1. The first-order chi connectivity index (χ1) is 17.5. The number of halogens is 7. The van der Waals surface area contributed by atoms with Gasteiger partial charge in [0.15, 0.2) is 17.7 Å². The predicted octanol–water partition coefficient (Wildman–Crippen LogP) is 6.18. The van der Waals surface area contributed by atoms with Crippen LogP contribution >= 0.6 is 0 Å². The molecule has 0 radical (unpaired) electrons. The van der Waals surface area contributed by atoms with Crippen LogP contribution < -0.4 is 5.32 Å². The minimum atomic E-state index is -6.03. The maximum Gasteiger partial charge on any atom is 0.430 e. The second kappa shape index (κ2) is 10.1. The number of ether oxygens (including phenoxy) is 1. The van der Waals surface area contributed by atoms with Gasteiger partial charge in [-0.2, -0.15) is 18.4 Å². The molecule has 1 heterocycles. The van der Waals surface area contributed by atoms with Gasteiger partial charge >= 0.3 is 6.18 Å². The van der Waals surface area contributed by atoms with Gasteiger partial charge < -0.3 is 10.1 Å². The Hall–Kier alpha value is -2.90. The van der Waals surface area contributed by atoms with Crippen molar-refractivity contribution >= 4 is 5.57 Å². The smallest absolute Gasteiger partial charge is 0.377 e. The molecule has 2 aliphatic rings. The van der Waals surface area contributed by atoms with E-state index in [1.807, 2.05) is 12.1 Å². The standard InChI is InChI=1S/C27H25F7N2O/c28-22-21(18-7-3-1-4-8-18)23(29)26(31,27(32,33)34)20(15-35)25(22,30)17-37-16-24(11-13-36-14-12-24)19-9-5-2-6-10-19/h1-10,20,22,36H,11-14,16-17H2. The molecule has 1 aliphatic carbocycles. The fraction of sp³-hybridized carbons (Fsp3) is 0.444. The summed E-state index contributed by atoms with van der Waals surface area (Å²) in [4.78, 5) is 0. The molecule has 0 spiro atoms. The number of benzene rings is 2. The Balaban J connectivity index is 1.73. The first-order valence-corrected chi connectivity index (χ1v) is 11.8. The Morgan fingerprint density at radius 1 is 0.946 bits per heavy atom. The summed E-state index contributed by atoms with van der Waals surface area (Å²) in [6, 6.07) is 16.0. The third-order valence-corrected chi connectivity index (χ3v) is 7.38. The Bertz CT molecular complexity index is 1160. The van der Waals surface area contributed by atoms with Gasteiger partial charge in [0, 0.05) is 11.0 Å². The van der Waals surface area contributed by atoms with E-state index in [4.69, 9.17) is 4.74 Å². The van der Waals surface area contributed by atoms with E-state index < -0.39 is 58.6 Å². The van der Waals surface area contributed by atoms with Crippen molar-refractivity contribution in [3.63, 3.8) is 0 Å². The number of hydrogen-bond donors (Lipinski definition) is 1. The second-order valence-corrected chi connectivity index (χ2v) is 9.54. The highest BCUT2D eigenvalue weighted by Gasteiger charge is 2.75. The van der Waals surface area contributed by atoms with Gasteiger partial charge in [0.1, 0.15) is 5.92 Å². The lowest BCUT2D eigenvalue weighted by Gasteiger charge is -2.45. The van der Waals surface area contributed by atoms with Gasteiger partial charge in [-0.25, -0.2) is 17.6 Å². The predicted molar refractivity (Wildman–Crippen MR) is 123 cm³/mol. The van der Waals surface area contributed by atoms with Crippen LogP contribution in [0, 0.1) is 17.2 Å². The molecule has 0 amide bonds. The Morgan fingerprint density at radius 3 is 2.05 bits per heavy atom. The fourth-order valence-corrected chi connectivity index (χ4v) is 5.30. The highest BCUT2D eigenvalue weighted by Crippen LogP contribution is 2.58. The lowest BCUT2D eigenvalue weighted by molar-refractivity contribution is -0.255. The molecule has 1 fully saturated rings. The summed E-state index contributed by atoms with van der Waals surface area (Å²) in [5.41, 5.74) is -10.6. The van der Waals surface area contributed by atoms with Crippen LogP contribution in [0.5, 0.6) is 0 Å². The highest BCUT2D eigenvalue weighted by molar-refractivity contribution is 5.75. The summed E-state index contributed by atoms with van der Waals surface area (Å²) in [6.45, 7) is -0.425. The number of rotatable bonds is 6. The van der Waals surface area contributed by atoms with E-state index in [0.29, 0.717) is 25.9 Å². The molecule has 2 aromatic carbocycles. The van der Waals surface area contributed by atoms with Crippen LogP contribution in [0.4, 0.5) is 30.7 Å². The topological polar surface area (TPSA) is 45.0 Å². The molecule has 0 bridgehead atoms. The zero-order chi connectivity index (χ0) is 26.9. The summed E-state index contributed by atoms with van der Waals surface area (Å²) in [6.07, 6.45) is -8.05. The van der Waals surface area contributed by atoms with E-state index in [0.717, 1.165) is 23.8 Å². The molecule has 0 aromatic heterocycles. The molecule has 3 nitrogen and oxygen atoms in total. The molecule has 198 valence electrons.